The molecule has 32 heavy (non-hydrogen) atoms. The SMILES string of the molecule is CCOC(=O)c1ccc2c(c1)nc(SC(C)C(=O)Nc1ccc([N+](=O)[O-])cc1Cl)n2CC. The first-order valence-corrected chi connectivity index (χ1v) is 11.1. The van der Waals surface area contributed by atoms with E-state index < -0.39 is 16.1 Å². The quantitative estimate of drug-likeness (QED) is 0.212. The van der Waals surface area contributed by atoms with Crippen LogP contribution in [0.25, 0.3) is 11.0 Å². The second-order valence-electron chi connectivity index (χ2n) is 6.73. The Morgan fingerprint density at radius 1 is 1.28 bits per heavy atom. The number of non-ortho nitro benzene ring substituents is 1. The Bertz CT molecular complexity index is 1200. The minimum absolute atomic E-state index is 0.0806. The van der Waals surface area contributed by atoms with E-state index in [4.69, 9.17) is 16.3 Å². The molecule has 1 atom stereocenters. The molecule has 3 rings (SSSR count). The Balaban J connectivity index is 1.79. The lowest BCUT2D eigenvalue weighted by Gasteiger charge is -2.13. The van der Waals surface area contributed by atoms with Crippen molar-refractivity contribution >= 4 is 57.6 Å². The number of halogens is 1. The molecule has 0 saturated heterocycles. The first-order chi connectivity index (χ1) is 15.2. The molecule has 2 aromatic carbocycles. The monoisotopic (exact) mass is 476 g/mol. The molecule has 0 aliphatic heterocycles. The zero-order valence-electron chi connectivity index (χ0n) is 17.6. The highest BCUT2D eigenvalue weighted by Crippen LogP contribution is 2.30. The number of nitro benzene ring substituents is 1. The fraction of sp³-hybridized carbons (Fsp3) is 0.286. The van der Waals surface area contributed by atoms with Crippen molar-refractivity contribution in [3.8, 4) is 0 Å². The van der Waals surface area contributed by atoms with Crippen LogP contribution in [0.3, 0.4) is 0 Å². The molecule has 0 spiro atoms. The number of aryl methyl sites for hydroxylation is 1. The minimum atomic E-state index is -0.557. The molecule has 0 fully saturated rings. The number of carbonyl (C=O) groups is 2. The van der Waals surface area contributed by atoms with Gasteiger partial charge in [0.2, 0.25) is 5.91 Å². The van der Waals surface area contributed by atoms with Crippen molar-refractivity contribution in [1.82, 2.24) is 9.55 Å². The molecule has 1 aromatic heterocycles. The van der Waals surface area contributed by atoms with E-state index in [9.17, 15) is 19.7 Å². The van der Waals surface area contributed by atoms with Gasteiger partial charge in [0.25, 0.3) is 5.69 Å². The third-order valence-electron chi connectivity index (χ3n) is 4.61. The van der Waals surface area contributed by atoms with Crippen molar-refractivity contribution in [2.75, 3.05) is 11.9 Å². The van der Waals surface area contributed by atoms with E-state index in [2.05, 4.69) is 10.3 Å². The van der Waals surface area contributed by atoms with Gasteiger partial charge in [-0.25, -0.2) is 9.78 Å². The van der Waals surface area contributed by atoms with Crippen LogP contribution >= 0.6 is 23.4 Å². The van der Waals surface area contributed by atoms with E-state index in [0.29, 0.717) is 22.8 Å². The molecular weight excluding hydrogens is 456 g/mol. The predicted octanol–water partition coefficient (Wildman–Crippen LogP) is 4.91. The number of fused-ring (bicyclic) bond motifs is 1. The van der Waals surface area contributed by atoms with Crippen molar-refractivity contribution in [3.63, 3.8) is 0 Å². The lowest BCUT2D eigenvalue weighted by molar-refractivity contribution is -0.384. The van der Waals surface area contributed by atoms with Gasteiger partial charge in [-0.1, -0.05) is 23.4 Å². The first kappa shape index (κ1) is 23.6. The Kier molecular flexibility index (Phi) is 7.37. The summed E-state index contributed by atoms with van der Waals surface area (Å²) in [5.74, 6) is -0.741. The van der Waals surface area contributed by atoms with Crippen LogP contribution in [0.1, 0.15) is 31.1 Å². The molecule has 9 nitrogen and oxygen atoms in total. The van der Waals surface area contributed by atoms with Crippen molar-refractivity contribution in [3.05, 3.63) is 57.1 Å². The molecule has 1 heterocycles. The molecule has 168 valence electrons. The number of hydrogen-bond acceptors (Lipinski definition) is 7. The summed E-state index contributed by atoms with van der Waals surface area (Å²) >= 11 is 7.32. The topological polar surface area (TPSA) is 116 Å². The van der Waals surface area contributed by atoms with Gasteiger partial charge >= 0.3 is 5.97 Å². The van der Waals surface area contributed by atoms with Crippen LogP contribution in [0, 0.1) is 10.1 Å². The number of amides is 1. The molecule has 1 unspecified atom stereocenters. The van der Waals surface area contributed by atoms with Gasteiger partial charge in [0, 0.05) is 18.7 Å². The largest absolute Gasteiger partial charge is 0.462 e. The van der Waals surface area contributed by atoms with E-state index in [1.165, 1.54) is 30.0 Å². The zero-order chi connectivity index (χ0) is 23.4. The molecular formula is C21H21ClN4O5S. The van der Waals surface area contributed by atoms with Gasteiger partial charge < -0.3 is 14.6 Å². The van der Waals surface area contributed by atoms with E-state index in [0.717, 1.165) is 5.52 Å². The Labute approximate surface area is 193 Å². The van der Waals surface area contributed by atoms with Crippen molar-refractivity contribution in [2.24, 2.45) is 0 Å². The molecule has 1 N–H and O–H groups in total. The normalized spacial score (nSPS) is 11.9. The Morgan fingerprint density at radius 3 is 2.66 bits per heavy atom. The predicted molar refractivity (Wildman–Crippen MR) is 123 cm³/mol. The lowest BCUT2D eigenvalue weighted by Crippen LogP contribution is -2.23. The number of ether oxygens (including phenoxy) is 1. The summed E-state index contributed by atoms with van der Waals surface area (Å²) in [6.45, 7) is 6.34. The lowest BCUT2D eigenvalue weighted by atomic mass is 10.2. The molecule has 0 aliphatic carbocycles. The van der Waals surface area contributed by atoms with Gasteiger partial charge in [0.15, 0.2) is 5.16 Å². The Morgan fingerprint density at radius 2 is 2.03 bits per heavy atom. The van der Waals surface area contributed by atoms with Crippen LogP contribution < -0.4 is 5.32 Å². The molecule has 0 aliphatic rings. The van der Waals surface area contributed by atoms with Crippen LogP contribution in [0.2, 0.25) is 5.02 Å². The summed E-state index contributed by atoms with van der Waals surface area (Å²) in [4.78, 5) is 39.6. The summed E-state index contributed by atoms with van der Waals surface area (Å²) in [5.41, 5.74) is 2.02. The molecule has 11 heteroatoms. The van der Waals surface area contributed by atoms with Gasteiger partial charge in [0.1, 0.15) is 0 Å². The summed E-state index contributed by atoms with van der Waals surface area (Å²) in [6.07, 6.45) is 0. The number of hydrogen-bond donors (Lipinski definition) is 1. The number of thioether (sulfide) groups is 1. The number of imidazole rings is 1. The number of nitrogens with zero attached hydrogens (tertiary/aromatic N) is 3. The van der Waals surface area contributed by atoms with E-state index in [1.807, 2.05) is 17.6 Å². The van der Waals surface area contributed by atoms with E-state index in [1.54, 1.807) is 26.0 Å². The fourth-order valence-corrected chi connectivity index (χ4v) is 4.22. The number of benzene rings is 2. The molecule has 0 radical (unpaired) electrons. The molecule has 0 saturated carbocycles. The van der Waals surface area contributed by atoms with Crippen molar-refractivity contribution in [1.29, 1.82) is 0 Å². The second kappa shape index (κ2) is 10.0. The second-order valence-corrected chi connectivity index (χ2v) is 8.45. The highest BCUT2D eigenvalue weighted by atomic mass is 35.5. The van der Waals surface area contributed by atoms with Gasteiger partial charge in [-0.15, -0.1) is 0 Å². The number of anilines is 1. The van der Waals surface area contributed by atoms with Gasteiger partial charge in [0.05, 0.1) is 44.1 Å². The van der Waals surface area contributed by atoms with Gasteiger partial charge in [-0.2, -0.15) is 0 Å². The maximum atomic E-state index is 12.7. The smallest absolute Gasteiger partial charge is 0.338 e. The van der Waals surface area contributed by atoms with Crippen LogP contribution in [0.15, 0.2) is 41.6 Å². The number of esters is 1. The summed E-state index contributed by atoms with van der Waals surface area (Å²) < 4.78 is 7.00. The number of nitrogens with one attached hydrogen (secondary N) is 1. The summed E-state index contributed by atoms with van der Waals surface area (Å²) in [7, 11) is 0. The molecule has 1 amide bonds. The minimum Gasteiger partial charge on any atom is -0.462 e. The highest BCUT2D eigenvalue weighted by molar-refractivity contribution is 8.00. The standard InChI is InChI=1S/C21H21ClN4O5S/c1-4-25-18-9-6-13(20(28)31-5-2)10-17(18)24-21(25)32-12(3)19(27)23-16-8-7-14(26(29)30)11-15(16)22/h6-12H,4-5H2,1-3H3,(H,23,27). The number of rotatable bonds is 8. The van der Waals surface area contributed by atoms with Gasteiger partial charge in [-0.05, 0) is 45.0 Å². The summed E-state index contributed by atoms with van der Waals surface area (Å²) in [5, 5.41) is 13.7. The number of aromatic nitrogens is 2. The third kappa shape index (κ3) is 5.03. The van der Waals surface area contributed by atoms with Crippen LogP contribution in [0.4, 0.5) is 11.4 Å². The maximum Gasteiger partial charge on any atom is 0.338 e. The maximum absolute atomic E-state index is 12.7. The molecule has 3 aromatic rings. The van der Waals surface area contributed by atoms with E-state index in [-0.39, 0.29) is 28.9 Å². The van der Waals surface area contributed by atoms with Crippen LogP contribution in [0.5, 0.6) is 0 Å². The number of carbonyl (C=O) groups excluding carboxylic acids is 2. The molecule has 0 bridgehead atoms. The van der Waals surface area contributed by atoms with Crippen molar-refractivity contribution in [2.45, 2.75) is 37.7 Å². The zero-order valence-corrected chi connectivity index (χ0v) is 19.2. The van der Waals surface area contributed by atoms with E-state index >= 15 is 0 Å². The van der Waals surface area contributed by atoms with Crippen LogP contribution in [-0.2, 0) is 16.1 Å². The fourth-order valence-electron chi connectivity index (χ4n) is 3.01. The van der Waals surface area contributed by atoms with Gasteiger partial charge in [-0.3, -0.25) is 14.9 Å². The van der Waals surface area contributed by atoms with Crippen molar-refractivity contribution < 1.29 is 19.2 Å². The third-order valence-corrected chi connectivity index (χ3v) is 6.02. The number of nitro groups is 1. The average molecular weight is 477 g/mol. The summed E-state index contributed by atoms with van der Waals surface area (Å²) in [6, 6.07) is 9.03. The Hall–Kier alpha value is -3.11. The average Bonchev–Trinajstić information content (AvgIpc) is 3.10. The highest BCUT2D eigenvalue weighted by Gasteiger charge is 2.21. The van der Waals surface area contributed by atoms with Crippen LogP contribution in [-0.4, -0.2) is 38.2 Å². The first-order valence-electron chi connectivity index (χ1n) is 9.84.